The smallest absolute Gasteiger partial charge is 0.258 e. The van der Waals surface area contributed by atoms with Gasteiger partial charge in [-0.15, -0.1) is 0 Å². The predicted octanol–water partition coefficient (Wildman–Crippen LogP) is 3.91. The highest BCUT2D eigenvalue weighted by Gasteiger charge is 2.11. The maximum absolute atomic E-state index is 12.0. The molecule has 0 spiro atoms. The molecule has 1 amide bonds. The number of halogens is 3. The lowest BCUT2D eigenvalue weighted by Crippen LogP contribution is -2.13. The Morgan fingerprint density at radius 2 is 2.06 bits per heavy atom. The van der Waals surface area contributed by atoms with E-state index >= 15 is 0 Å². The minimum absolute atomic E-state index is 0.225. The van der Waals surface area contributed by atoms with E-state index in [1.807, 2.05) is 0 Å². The van der Waals surface area contributed by atoms with Gasteiger partial charge in [-0.3, -0.25) is 9.78 Å². The number of hydrogen-bond acceptors (Lipinski definition) is 3. The third-order valence-electron chi connectivity index (χ3n) is 2.02. The highest BCUT2D eigenvalue weighted by molar-refractivity contribution is 9.11. The minimum Gasteiger partial charge on any atom is -0.305 e. The van der Waals surface area contributed by atoms with Gasteiger partial charge in [0.2, 0.25) is 0 Å². The second kappa shape index (κ2) is 5.77. The molecule has 0 aliphatic rings. The summed E-state index contributed by atoms with van der Waals surface area (Å²) in [5, 5.41) is 2.84. The maximum atomic E-state index is 12.0. The first-order valence-corrected chi connectivity index (χ1v) is 6.76. The lowest BCUT2D eigenvalue weighted by atomic mass is 10.2. The van der Waals surface area contributed by atoms with Crippen molar-refractivity contribution in [3.8, 4) is 0 Å². The molecular formula is C11H6Br2ClN3O. The first-order valence-electron chi connectivity index (χ1n) is 4.80. The van der Waals surface area contributed by atoms with Gasteiger partial charge in [-0.2, -0.15) is 0 Å². The molecule has 1 aromatic heterocycles. The molecule has 0 saturated heterocycles. The average molecular weight is 391 g/mol. The number of amides is 1. The molecule has 0 bridgehead atoms. The fraction of sp³-hybridized carbons (Fsp3) is 0. The molecule has 0 saturated carbocycles. The van der Waals surface area contributed by atoms with Gasteiger partial charge in [0.15, 0.2) is 5.82 Å². The van der Waals surface area contributed by atoms with Crippen molar-refractivity contribution in [3.63, 3.8) is 0 Å². The summed E-state index contributed by atoms with van der Waals surface area (Å²) >= 11 is 12.3. The van der Waals surface area contributed by atoms with E-state index in [4.69, 9.17) is 11.6 Å². The summed E-state index contributed by atoms with van der Waals surface area (Å²) in [4.78, 5) is 19.8. The van der Waals surface area contributed by atoms with Crippen molar-refractivity contribution in [2.45, 2.75) is 0 Å². The van der Waals surface area contributed by atoms with Crippen molar-refractivity contribution < 1.29 is 4.79 Å². The van der Waals surface area contributed by atoms with E-state index in [1.54, 1.807) is 18.2 Å². The fourth-order valence-electron chi connectivity index (χ4n) is 1.26. The van der Waals surface area contributed by atoms with E-state index in [9.17, 15) is 4.79 Å². The minimum atomic E-state index is -0.286. The number of carbonyl (C=O) groups is 1. The van der Waals surface area contributed by atoms with Crippen molar-refractivity contribution in [1.82, 2.24) is 9.97 Å². The van der Waals surface area contributed by atoms with Crippen molar-refractivity contribution in [2.24, 2.45) is 0 Å². The highest BCUT2D eigenvalue weighted by atomic mass is 79.9. The molecule has 0 radical (unpaired) electrons. The molecule has 0 fully saturated rings. The SMILES string of the molecule is O=C(Nc1cncc(Cl)n1)c1ccc(Br)cc1Br. The Labute approximate surface area is 125 Å². The third-order valence-corrected chi connectivity index (χ3v) is 3.35. The summed E-state index contributed by atoms with van der Waals surface area (Å²) in [6.45, 7) is 0. The van der Waals surface area contributed by atoms with E-state index in [0.29, 0.717) is 15.9 Å². The largest absolute Gasteiger partial charge is 0.305 e. The van der Waals surface area contributed by atoms with Gasteiger partial charge < -0.3 is 5.32 Å². The van der Waals surface area contributed by atoms with Crippen LogP contribution in [-0.2, 0) is 0 Å². The number of carbonyl (C=O) groups excluding carboxylic acids is 1. The Morgan fingerprint density at radius 1 is 1.28 bits per heavy atom. The summed E-state index contributed by atoms with van der Waals surface area (Å²) in [6, 6.07) is 5.27. The van der Waals surface area contributed by atoms with Gasteiger partial charge in [0.05, 0.1) is 18.0 Å². The topological polar surface area (TPSA) is 54.9 Å². The first kappa shape index (κ1) is 13.5. The molecule has 2 aromatic rings. The number of anilines is 1. The van der Waals surface area contributed by atoms with Crippen LogP contribution in [0.25, 0.3) is 0 Å². The van der Waals surface area contributed by atoms with Crippen LogP contribution in [0.3, 0.4) is 0 Å². The highest BCUT2D eigenvalue weighted by Crippen LogP contribution is 2.22. The summed E-state index contributed by atoms with van der Waals surface area (Å²) in [7, 11) is 0. The average Bonchev–Trinajstić information content (AvgIpc) is 2.28. The summed E-state index contributed by atoms with van der Waals surface area (Å²) in [5.74, 6) is 0.0215. The number of nitrogens with one attached hydrogen (secondary N) is 1. The summed E-state index contributed by atoms with van der Waals surface area (Å²) < 4.78 is 1.57. The number of rotatable bonds is 2. The molecule has 2 rings (SSSR count). The monoisotopic (exact) mass is 389 g/mol. The van der Waals surface area contributed by atoms with E-state index < -0.39 is 0 Å². The van der Waals surface area contributed by atoms with E-state index in [1.165, 1.54) is 12.4 Å². The number of hydrogen-bond donors (Lipinski definition) is 1. The molecule has 0 atom stereocenters. The van der Waals surface area contributed by atoms with Gasteiger partial charge in [-0.1, -0.05) is 27.5 Å². The van der Waals surface area contributed by atoms with Gasteiger partial charge in [-0.25, -0.2) is 4.98 Å². The van der Waals surface area contributed by atoms with Crippen LogP contribution >= 0.6 is 43.5 Å². The van der Waals surface area contributed by atoms with Crippen molar-refractivity contribution >= 4 is 55.2 Å². The van der Waals surface area contributed by atoms with Crippen molar-refractivity contribution in [2.75, 3.05) is 5.32 Å². The Kier molecular flexibility index (Phi) is 4.31. The molecule has 18 heavy (non-hydrogen) atoms. The molecule has 1 aromatic carbocycles. The molecule has 4 nitrogen and oxygen atoms in total. The molecular weight excluding hydrogens is 385 g/mol. The maximum Gasteiger partial charge on any atom is 0.258 e. The third kappa shape index (κ3) is 3.28. The molecule has 0 unspecified atom stereocenters. The van der Waals surface area contributed by atoms with Crippen LogP contribution in [0.4, 0.5) is 5.82 Å². The lowest BCUT2D eigenvalue weighted by molar-refractivity contribution is 0.102. The number of benzene rings is 1. The molecule has 0 aliphatic carbocycles. The Balaban J connectivity index is 2.22. The van der Waals surface area contributed by atoms with E-state index in [-0.39, 0.29) is 11.1 Å². The quantitative estimate of drug-likeness (QED) is 0.845. The second-order valence-electron chi connectivity index (χ2n) is 3.31. The van der Waals surface area contributed by atoms with Crippen molar-refractivity contribution in [3.05, 3.63) is 50.3 Å². The van der Waals surface area contributed by atoms with Gasteiger partial charge in [0, 0.05) is 8.95 Å². The van der Waals surface area contributed by atoms with Gasteiger partial charge >= 0.3 is 0 Å². The molecule has 0 aliphatic heterocycles. The number of aromatic nitrogens is 2. The van der Waals surface area contributed by atoms with Crippen LogP contribution in [0.2, 0.25) is 5.15 Å². The van der Waals surface area contributed by atoms with E-state index in [0.717, 1.165) is 4.47 Å². The first-order chi connectivity index (χ1) is 8.56. The van der Waals surface area contributed by atoms with Crippen LogP contribution in [0, 0.1) is 0 Å². The zero-order valence-corrected chi connectivity index (χ0v) is 12.8. The predicted molar refractivity (Wildman–Crippen MR) is 76.8 cm³/mol. The van der Waals surface area contributed by atoms with Crippen LogP contribution < -0.4 is 5.32 Å². The normalized spacial score (nSPS) is 10.2. The summed E-state index contributed by atoms with van der Waals surface area (Å²) in [5.41, 5.74) is 0.500. The summed E-state index contributed by atoms with van der Waals surface area (Å²) in [6.07, 6.45) is 2.82. The number of nitrogens with zero attached hydrogens (tertiary/aromatic N) is 2. The molecule has 1 heterocycles. The second-order valence-corrected chi connectivity index (χ2v) is 5.46. The van der Waals surface area contributed by atoms with Crippen LogP contribution in [0.5, 0.6) is 0 Å². The van der Waals surface area contributed by atoms with Crippen LogP contribution in [0.1, 0.15) is 10.4 Å². The van der Waals surface area contributed by atoms with E-state index in [2.05, 4.69) is 47.1 Å². The van der Waals surface area contributed by atoms with Gasteiger partial charge in [0.25, 0.3) is 5.91 Å². The Hall–Kier alpha value is -0.980. The zero-order chi connectivity index (χ0) is 13.1. The fourth-order valence-corrected chi connectivity index (χ4v) is 2.63. The molecule has 1 N–H and O–H groups in total. The standard InChI is InChI=1S/C11H6Br2ClN3O/c12-6-1-2-7(8(13)3-6)11(18)17-10-5-15-4-9(14)16-10/h1-5H,(H,16,17,18). The lowest BCUT2D eigenvalue weighted by Gasteiger charge is -2.06. The van der Waals surface area contributed by atoms with Crippen LogP contribution in [-0.4, -0.2) is 15.9 Å². The molecule has 7 heteroatoms. The van der Waals surface area contributed by atoms with Gasteiger partial charge in [-0.05, 0) is 34.1 Å². The zero-order valence-electron chi connectivity index (χ0n) is 8.82. The van der Waals surface area contributed by atoms with Crippen molar-refractivity contribution in [1.29, 1.82) is 0 Å². The Bertz CT molecular complexity index is 607. The molecule has 92 valence electrons. The Morgan fingerprint density at radius 3 is 2.72 bits per heavy atom. The van der Waals surface area contributed by atoms with Gasteiger partial charge in [0.1, 0.15) is 5.15 Å². The van der Waals surface area contributed by atoms with Crippen LogP contribution in [0.15, 0.2) is 39.5 Å².